The van der Waals surface area contributed by atoms with Gasteiger partial charge < -0.3 is 9.84 Å². The van der Waals surface area contributed by atoms with Crippen molar-refractivity contribution in [3.8, 4) is 21.9 Å². The highest BCUT2D eigenvalue weighted by Gasteiger charge is 2.37. The highest BCUT2D eigenvalue weighted by atomic mass is 32.1. The molecule has 1 aliphatic heterocycles. The predicted molar refractivity (Wildman–Crippen MR) is 139 cm³/mol. The van der Waals surface area contributed by atoms with E-state index in [0.29, 0.717) is 18.0 Å². The lowest BCUT2D eigenvalue weighted by atomic mass is 9.95. The fourth-order valence-electron chi connectivity index (χ4n) is 4.66. The summed E-state index contributed by atoms with van der Waals surface area (Å²) in [6.45, 7) is 7.94. The number of pyridine rings is 1. The molecule has 184 valence electrons. The Bertz CT molecular complexity index is 1490. The maximum Gasteiger partial charge on any atom is 0.309 e. The molecule has 1 aromatic carbocycles. The number of aromatic nitrogens is 4. The number of aryl methyl sites for hydroxylation is 2. The molecule has 0 saturated heterocycles. The largest absolute Gasteiger partial charge is 0.495 e. The highest BCUT2D eigenvalue weighted by Crippen LogP contribution is 2.41. The normalized spacial score (nSPS) is 15.5. The Hall–Kier alpha value is -3.85. The Kier molecular flexibility index (Phi) is 6.17. The minimum Gasteiger partial charge on any atom is -0.495 e. The molecule has 0 amide bonds. The standard InChI is InChI=1S/C27H27N5O3S/c1-6-21(27(33)34)24-25-31-30-16(4)32(25)26-22(14(2)15(3)36-26)23(29-24)18-9-7-17(8-10-18)19-11-20(35-5)13-28-12-19/h7-13,21,24H,6H2,1-5H3,(H,33,34)/t21-,24?/m0/s1. The second kappa shape index (κ2) is 9.31. The number of thiophene rings is 1. The molecule has 3 aromatic heterocycles. The first-order chi connectivity index (χ1) is 17.3. The van der Waals surface area contributed by atoms with Gasteiger partial charge in [-0.3, -0.25) is 19.3 Å². The van der Waals surface area contributed by atoms with Crippen LogP contribution in [-0.4, -0.2) is 43.6 Å². The summed E-state index contributed by atoms with van der Waals surface area (Å²) in [6.07, 6.45) is 3.90. The van der Waals surface area contributed by atoms with E-state index in [1.54, 1.807) is 30.8 Å². The lowest BCUT2D eigenvalue weighted by Gasteiger charge is -2.19. The molecule has 0 fully saturated rings. The van der Waals surface area contributed by atoms with Crippen molar-refractivity contribution < 1.29 is 14.6 Å². The summed E-state index contributed by atoms with van der Waals surface area (Å²) in [5.74, 6) is 0.365. The van der Waals surface area contributed by atoms with Crippen LogP contribution in [0.3, 0.4) is 0 Å². The number of carboxylic acids is 1. The number of hydrogen-bond acceptors (Lipinski definition) is 7. The van der Waals surface area contributed by atoms with E-state index in [2.05, 4.69) is 29.0 Å². The minimum absolute atomic E-state index is 0.427. The summed E-state index contributed by atoms with van der Waals surface area (Å²) >= 11 is 1.66. The Labute approximate surface area is 213 Å². The van der Waals surface area contributed by atoms with Crippen molar-refractivity contribution in [1.82, 2.24) is 19.7 Å². The minimum atomic E-state index is -0.892. The van der Waals surface area contributed by atoms with E-state index in [9.17, 15) is 9.90 Å². The van der Waals surface area contributed by atoms with Crippen LogP contribution in [0.5, 0.6) is 5.75 Å². The van der Waals surface area contributed by atoms with E-state index in [0.717, 1.165) is 44.4 Å². The first-order valence-electron chi connectivity index (χ1n) is 11.8. The zero-order chi connectivity index (χ0) is 25.6. The fraction of sp³-hybridized carbons (Fsp3) is 0.296. The SMILES string of the molecule is CC[C@H](C(=O)O)C1N=C(c2ccc(-c3cncc(OC)c3)cc2)c2c(sc(C)c2C)-n2c(C)nnc21. The molecule has 0 saturated carbocycles. The molecule has 1 N–H and O–H groups in total. The summed E-state index contributed by atoms with van der Waals surface area (Å²) < 4.78 is 7.31. The van der Waals surface area contributed by atoms with Gasteiger partial charge in [0.15, 0.2) is 5.82 Å². The van der Waals surface area contributed by atoms with E-state index >= 15 is 0 Å². The quantitative estimate of drug-likeness (QED) is 0.383. The van der Waals surface area contributed by atoms with Gasteiger partial charge in [-0.2, -0.15) is 0 Å². The number of aliphatic imine (C=N–C) groups is 1. The molecule has 0 radical (unpaired) electrons. The average Bonchev–Trinajstić information content (AvgIpc) is 3.35. The molecule has 2 atom stereocenters. The number of fused-ring (bicyclic) bond motifs is 3. The summed E-state index contributed by atoms with van der Waals surface area (Å²) in [5.41, 5.74) is 5.76. The highest BCUT2D eigenvalue weighted by molar-refractivity contribution is 7.15. The van der Waals surface area contributed by atoms with Crippen LogP contribution in [0.4, 0.5) is 0 Å². The van der Waals surface area contributed by atoms with Crippen molar-refractivity contribution in [3.05, 3.63) is 75.9 Å². The van der Waals surface area contributed by atoms with Gasteiger partial charge in [-0.1, -0.05) is 31.2 Å². The van der Waals surface area contributed by atoms with E-state index < -0.39 is 17.9 Å². The maximum absolute atomic E-state index is 12.2. The van der Waals surface area contributed by atoms with Crippen LogP contribution < -0.4 is 4.74 Å². The Balaban J connectivity index is 1.70. The van der Waals surface area contributed by atoms with Crippen LogP contribution >= 0.6 is 11.3 Å². The zero-order valence-corrected chi connectivity index (χ0v) is 21.6. The third-order valence-electron chi connectivity index (χ3n) is 6.77. The van der Waals surface area contributed by atoms with Gasteiger partial charge in [0.1, 0.15) is 22.6 Å². The van der Waals surface area contributed by atoms with E-state index in [4.69, 9.17) is 9.73 Å². The lowest BCUT2D eigenvalue weighted by molar-refractivity contribution is -0.142. The number of aliphatic carboxylic acids is 1. The molecule has 8 nitrogen and oxygen atoms in total. The van der Waals surface area contributed by atoms with Crippen LogP contribution in [-0.2, 0) is 4.79 Å². The summed E-state index contributed by atoms with van der Waals surface area (Å²) in [7, 11) is 1.62. The molecular weight excluding hydrogens is 474 g/mol. The van der Waals surface area contributed by atoms with Gasteiger partial charge in [0.05, 0.1) is 24.9 Å². The Morgan fingerprint density at radius 1 is 1.11 bits per heavy atom. The first-order valence-corrected chi connectivity index (χ1v) is 12.6. The second-order valence-electron chi connectivity index (χ2n) is 8.87. The molecule has 1 unspecified atom stereocenters. The van der Waals surface area contributed by atoms with Crippen molar-refractivity contribution in [2.24, 2.45) is 10.9 Å². The molecule has 4 aromatic rings. The Morgan fingerprint density at radius 3 is 2.50 bits per heavy atom. The summed E-state index contributed by atoms with van der Waals surface area (Å²) in [6, 6.07) is 9.40. The summed E-state index contributed by atoms with van der Waals surface area (Å²) in [4.78, 5) is 22.8. The van der Waals surface area contributed by atoms with Gasteiger partial charge in [-0.15, -0.1) is 21.5 Å². The molecule has 4 heterocycles. The number of hydrogen-bond donors (Lipinski definition) is 1. The molecule has 5 rings (SSSR count). The fourth-order valence-corrected chi connectivity index (χ4v) is 5.87. The number of methoxy groups -OCH3 is 1. The average molecular weight is 502 g/mol. The van der Waals surface area contributed by atoms with E-state index in [-0.39, 0.29) is 0 Å². The van der Waals surface area contributed by atoms with Crippen LogP contribution in [0.15, 0.2) is 47.7 Å². The number of ether oxygens (including phenoxy) is 1. The van der Waals surface area contributed by atoms with Gasteiger partial charge >= 0.3 is 5.97 Å². The third-order valence-corrected chi connectivity index (χ3v) is 7.96. The van der Waals surface area contributed by atoms with Gasteiger partial charge in [0, 0.05) is 27.8 Å². The van der Waals surface area contributed by atoms with Crippen LogP contribution in [0.1, 0.15) is 52.6 Å². The molecule has 1 aliphatic rings. The molecule has 9 heteroatoms. The van der Waals surface area contributed by atoms with Gasteiger partial charge in [-0.05, 0) is 44.4 Å². The molecule has 0 bridgehead atoms. The topological polar surface area (TPSA) is 102 Å². The smallest absolute Gasteiger partial charge is 0.309 e. The molecular formula is C27H27N5O3S. The first kappa shape index (κ1) is 23.9. The maximum atomic E-state index is 12.2. The van der Waals surface area contributed by atoms with Gasteiger partial charge in [0.25, 0.3) is 0 Å². The van der Waals surface area contributed by atoms with Crippen molar-refractivity contribution in [3.63, 3.8) is 0 Å². The van der Waals surface area contributed by atoms with Crippen LogP contribution in [0.25, 0.3) is 16.1 Å². The number of carbonyl (C=O) groups is 1. The van der Waals surface area contributed by atoms with Crippen molar-refractivity contribution in [2.75, 3.05) is 7.11 Å². The molecule has 0 aliphatic carbocycles. The Morgan fingerprint density at radius 2 is 1.83 bits per heavy atom. The number of nitrogens with zero attached hydrogens (tertiary/aromatic N) is 5. The van der Waals surface area contributed by atoms with E-state index in [1.807, 2.05) is 48.7 Å². The number of benzene rings is 1. The van der Waals surface area contributed by atoms with Crippen molar-refractivity contribution in [2.45, 2.75) is 40.2 Å². The molecule has 0 spiro atoms. The predicted octanol–water partition coefficient (Wildman–Crippen LogP) is 5.33. The lowest BCUT2D eigenvalue weighted by Crippen LogP contribution is -2.23. The van der Waals surface area contributed by atoms with Crippen molar-refractivity contribution in [1.29, 1.82) is 0 Å². The number of carboxylic acid groups (broad SMARTS) is 1. The zero-order valence-electron chi connectivity index (χ0n) is 20.8. The van der Waals surface area contributed by atoms with E-state index in [1.165, 1.54) is 4.88 Å². The van der Waals surface area contributed by atoms with Crippen molar-refractivity contribution >= 4 is 23.0 Å². The second-order valence-corrected chi connectivity index (χ2v) is 10.1. The van der Waals surface area contributed by atoms with Gasteiger partial charge in [-0.25, -0.2) is 0 Å². The van der Waals surface area contributed by atoms with Gasteiger partial charge in [0.2, 0.25) is 0 Å². The third kappa shape index (κ3) is 3.89. The monoisotopic (exact) mass is 501 g/mol. The van der Waals surface area contributed by atoms with Crippen LogP contribution in [0.2, 0.25) is 0 Å². The summed E-state index contributed by atoms with van der Waals surface area (Å²) in [5, 5.41) is 19.7. The number of rotatable bonds is 6. The molecule has 36 heavy (non-hydrogen) atoms. The van der Waals surface area contributed by atoms with Crippen LogP contribution in [0, 0.1) is 26.7 Å².